The Bertz CT molecular complexity index is 1060. The minimum absolute atomic E-state index is 0.538. The van der Waals surface area contributed by atoms with Gasteiger partial charge in [-0.3, -0.25) is 9.98 Å². The monoisotopic (exact) mass is 530 g/mol. The van der Waals surface area contributed by atoms with Gasteiger partial charge in [-0.15, -0.1) is 0 Å². The molecule has 0 radical (unpaired) electrons. The van der Waals surface area contributed by atoms with Crippen molar-refractivity contribution >= 4 is 12.4 Å². The van der Waals surface area contributed by atoms with Crippen molar-refractivity contribution in [3.05, 3.63) is 106 Å². The molecule has 3 aliphatic rings. The highest BCUT2D eigenvalue weighted by Crippen LogP contribution is 2.09. The quantitative estimate of drug-likeness (QED) is 0.408. The van der Waals surface area contributed by atoms with E-state index in [9.17, 15) is 0 Å². The molecule has 39 heavy (non-hydrogen) atoms. The number of nitrogens with zero attached hydrogens (tertiary/aromatic N) is 2. The third kappa shape index (κ3) is 11.6. The molecule has 0 N–H and O–H groups in total. The maximum atomic E-state index is 5.72. The Morgan fingerprint density at radius 1 is 0.410 bits per heavy atom. The molecule has 0 aliphatic carbocycles. The Hall–Kier alpha value is -3.20. The molecule has 3 aromatic carbocycles. The van der Waals surface area contributed by atoms with Crippen LogP contribution < -0.4 is 0 Å². The van der Waals surface area contributed by atoms with Gasteiger partial charge in [-0.1, -0.05) is 66.7 Å². The van der Waals surface area contributed by atoms with Crippen molar-refractivity contribution in [3.63, 3.8) is 0 Å². The van der Waals surface area contributed by atoms with Crippen molar-refractivity contribution in [2.45, 2.75) is 26.3 Å². The first-order valence-corrected chi connectivity index (χ1v) is 13.5. The summed E-state index contributed by atoms with van der Waals surface area (Å²) in [7, 11) is 0. The van der Waals surface area contributed by atoms with Crippen LogP contribution >= 0.6 is 0 Å². The van der Waals surface area contributed by atoms with Crippen LogP contribution in [0, 0.1) is 0 Å². The highest BCUT2D eigenvalue weighted by atomic mass is 16.6. The fourth-order valence-electron chi connectivity index (χ4n) is 3.87. The van der Waals surface area contributed by atoms with E-state index in [2.05, 4.69) is 76.7 Å². The van der Waals surface area contributed by atoms with E-state index >= 15 is 0 Å². The lowest BCUT2D eigenvalue weighted by atomic mass is 10.1. The minimum Gasteiger partial charge on any atom is -0.377 e. The molecule has 0 unspecified atom stereocenters. The standard InChI is InChI=1S/C32H38N2O5/c1-2-31-20-32(3-1)24-34-22-28-6-10-30(11-7-28)26-39-19-17-37-15-13-35-12-14-36-16-18-38-25-29-8-4-27(5-9-29)21-33-23-31/h1-11,20,23-24H,12-19,21-22,25-26H2. The molecule has 3 aliphatic heterocycles. The van der Waals surface area contributed by atoms with Crippen molar-refractivity contribution in [2.75, 3.05) is 52.9 Å². The summed E-state index contributed by atoms with van der Waals surface area (Å²) in [6.45, 7) is 6.70. The van der Waals surface area contributed by atoms with E-state index < -0.39 is 0 Å². The van der Waals surface area contributed by atoms with Crippen molar-refractivity contribution in [1.29, 1.82) is 0 Å². The topological polar surface area (TPSA) is 70.9 Å². The molecule has 206 valence electrons. The molecule has 3 aromatic rings. The Kier molecular flexibility index (Phi) is 12.8. The van der Waals surface area contributed by atoms with Gasteiger partial charge in [-0.25, -0.2) is 0 Å². The van der Waals surface area contributed by atoms with Crippen LogP contribution in [-0.4, -0.2) is 65.3 Å². The molecule has 7 nitrogen and oxygen atoms in total. The van der Waals surface area contributed by atoms with E-state index in [4.69, 9.17) is 23.7 Å². The van der Waals surface area contributed by atoms with Gasteiger partial charge >= 0.3 is 0 Å². The lowest BCUT2D eigenvalue weighted by molar-refractivity contribution is -0.0138. The van der Waals surface area contributed by atoms with Gasteiger partial charge in [0, 0.05) is 12.4 Å². The summed E-state index contributed by atoms with van der Waals surface area (Å²) in [6, 6.07) is 25.0. The zero-order valence-corrected chi connectivity index (χ0v) is 22.5. The van der Waals surface area contributed by atoms with Crippen molar-refractivity contribution in [3.8, 4) is 0 Å². The molecule has 0 fully saturated rings. The smallest absolute Gasteiger partial charge is 0.0718 e. The predicted molar refractivity (Wildman–Crippen MR) is 154 cm³/mol. The van der Waals surface area contributed by atoms with Crippen molar-refractivity contribution in [2.24, 2.45) is 9.98 Å². The van der Waals surface area contributed by atoms with E-state index in [1.54, 1.807) is 0 Å². The van der Waals surface area contributed by atoms with E-state index in [-0.39, 0.29) is 0 Å². The van der Waals surface area contributed by atoms with Crippen LogP contribution in [0.4, 0.5) is 0 Å². The Morgan fingerprint density at radius 3 is 1.18 bits per heavy atom. The molecule has 0 spiro atoms. The van der Waals surface area contributed by atoms with E-state index in [0.29, 0.717) is 79.2 Å². The molecular weight excluding hydrogens is 492 g/mol. The fraction of sp³-hybridized carbons (Fsp3) is 0.375. The number of benzene rings is 3. The van der Waals surface area contributed by atoms with Crippen LogP contribution in [0.15, 0.2) is 82.8 Å². The van der Waals surface area contributed by atoms with Crippen molar-refractivity contribution < 1.29 is 23.7 Å². The predicted octanol–water partition coefficient (Wildman–Crippen LogP) is 5.02. The third-order valence-electron chi connectivity index (χ3n) is 6.01. The molecular formula is C32H38N2O5. The molecule has 0 atom stereocenters. The first-order chi connectivity index (χ1) is 19.3. The normalized spacial score (nSPS) is 17.3. The van der Waals surface area contributed by atoms with Gasteiger partial charge in [0.05, 0.1) is 79.2 Å². The molecule has 6 rings (SSSR count). The molecule has 0 saturated carbocycles. The molecule has 0 aromatic heterocycles. The van der Waals surface area contributed by atoms with E-state index in [1.165, 1.54) is 0 Å². The van der Waals surface area contributed by atoms with Gasteiger partial charge in [0.25, 0.3) is 0 Å². The number of aliphatic imine (C=N–C) groups is 2. The Labute approximate surface area is 231 Å². The lowest BCUT2D eigenvalue weighted by Crippen LogP contribution is -2.13. The molecule has 3 heterocycles. The van der Waals surface area contributed by atoms with E-state index in [1.807, 2.05) is 18.5 Å². The van der Waals surface area contributed by atoms with Gasteiger partial charge < -0.3 is 23.7 Å². The second-order valence-electron chi connectivity index (χ2n) is 9.18. The number of rotatable bonds is 0. The van der Waals surface area contributed by atoms with Gasteiger partial charge in [0.1, 0.15) is 0 Å². The maximum absolute atomic E-state index is 5.72. The summed E-state index contributed by atoms with van der Waals surface area (Å²) >= 11 is 0. The van der Waals surface area contributed by atoms with Crippen LogP contribution in [0.1, 0.15) is 33.4 Å². The second kappa shape index (κ2) is 17.4. The second-order valence-corrected chi connectivity index (χ2v) is 9.18. The average molecular weight is 531 g/mol. The summed E-state index contributed by atoms with van der Waals surface area (Å²) in [5, 5.41) is 0. The van der Waals surface area contributed by atoms with Crippen LogP contribution in [0.5, 0.6) is 0 Å². The van der Waals surface area contributed by atoms with Crippen LogP contribution in [0.25, 0.3) is 0 Å². The third-order valence-corrected chi connectivity index (χ3v) is 6.01. The first-order valence-electron chi connectivity index (χ1n) is 13.5. The zero-order chi connectivity index (χ0) is 26.8. The lowest BCUT2D eigenvalue weighted by Gasteiger charge is -2.08. The fourth-order valence-corrected chi connectivity index (χ4v) is 3.87. The first kappa shape index (κ1) is 28.8. The molecule has 0 saturated heterocycles. The number of hydrogen-bond donors (Lipinski definition) is 0. The molecule has 7 heteroatoms. The maximum Gasteiger partial charge on any atom is 0.0718 e. The summed E-state index contributed by atoms with van der Waals surface area (Å²) in [4.78, 5) is 9.24. The average Bonchev–Trinajstić information content (AvgIpc) is 2.96. The van der Waals surface area contributed by atoms with Crippen molar-refractivity contribution in [1.82, 2.24) is 0 Å². The highest BCUT2D eigenvalue weighted by molar-refractivity contribution is 5.86. The Balaban J connectivity index is 1.31. The number of ether oxygens (including phenoxy) is 5. The number of fused-ring (bicyclic) bond motifs is 2. The molecule has 6 bridgehead atoms. The largest absolute Gasteiger partial charge is 0.377 e. The Morgan fingerprint density at radius 2 is 0.769 bits per heavy atom. The van der Waals surface area contributed by atoms with Gasteiger partial charge in [-0.2, -0.15) is 0 Å². The zero-order valence-electron chi connectivity index (χ0n) is 22.5. The van der Waals surface area contributed by atoms with Crippen LogP contribution in [0.3, 0.4) is 0 Å². The molecule has 0 amide bonds. The summed E-state index contributed by atoms with van der Waals surface area (Å²) in [5.74, 6) is 0. The SMILES string of the molecule is C1=NCc2ccc(cc2)COCCOCCOCCOCCOCc2ccc(cc2)CN=Cc2cccc1c2. The van der Waals surface area contributed by atoms with Crippen LogP contribution in [0.2, 0.25) is 0 Å². The summed E-state index contributed by atoms with van der Waals surface area (Å²) < 4.78 is 28.1. The summed E-state index contributed by atoms with van der Waals surface area (Å²) in [5.41, 5.74) is 6.68. The number of hydrogen-bond acceptors (Lipinski definition) is 7. The van der Waals surface area contributed by atoms with E-state index in [0.717, 1.165) is 33.4 Å². The highest BCUT2D eigenvalue weighted by Gasteiger charge is 1.99. The van der Waals surface area contributed by atoms with Crippen LogP contribution in [-0.2, 0) is 50.0 Å². The summed E-state index contributed by atoms with van der Waals surface area (Å²) in [6.07, 6.45) is 3.82. The minimum atomic E-state index is 0.538. The van der Waals surface area contributed by atoms with Gasteiger partial charge in [0.2, 0.25) is 0 Å². The van der Waals surface area contributed by atoms with Gasteiger partial charge in [0.15, 0.2) is 0 Å². The van der Waals surface area contributed by atoms with Gasteiger partial charge in [-0.05, 0) is 39.4 Å².